The summed E-state index contributed by atoms with van der Waals surface area (Å²) in [6.07, 6.45) is 4.50. The standard InChI is InChI=1S/C26H28N2O7/c1-15(2)6-13-21(35-26(29)16-7-9-17(32-3)10-8-16)18-14-22(33-4)23-19(27-30)11-12-20(28-31)24(23)25(18)34-5/h6-12,14,21,30-31H,13H2,1-5H3. The quantitative estimate of drug-likeness (QED) is 0.239. The first-order chi connectivity index (χ1) is 16.9. The van der Waals surface area contributed by atoms with Gasteiger partial charge in [0.05, 0.1) is 38.0 Å². The SMILES string of the molecule is COc1ccc(C(=O)OC(CC=C(C)C)c2cc(OC)c3c(c2OC)C(=NO)C=CC3=NO)cc1. The Hall–Kier alpha value is -4.27. The molecule has 2 aromatic carbocycles. The van der Waals surface area contributed by atoms with Gasteiger partial charge < -0.3 is 29.4 Å². The van der Waals surface area contributed by atoms with Crippen molar-refractivity contribution < 1.29 is 34.2 Å². The Morgan fingerprint density at radius 3 is 2.09 bits per heavy atom. The highest BCUT2D eigenvalue weighted by atomic mass is 16.5. The zero-order chi connectivity index (χ0) is 25.5. The van der Waals surface area contributed by atoms with Gasteiger partial charge in [0.15, 0.2) is 0 Å². The van der Waals surface area contributed by atoms with Crippen LogP contribution in [0.25, 0.3) is 0 Å². The van der Waals surface area contributed by atoms with Crippen LogP contribution in [0.2, 0.25) is 0 Å². The van der Waals surface area contributed by atoms with Crippen LogP contribution < -0.4 is 14.2 Å². The number of allylic oxidation sites excluding steroid dienone is 3. The largest absolute Gasteiger partial charge is 0.497 e. The highest BCUT2D eigenvalue weighted by Crippen LogP contribution is 2.42. The van der Waals surface area contributed by atoms with Crippen LogP contribution in [0.5, 0.6) is 17.2 Å². The van der Waals surface area contributed by atoms with Crippen LogP contribution in [0.1, 0.15) is 53.4 Å². The van der Waals surface area contributed by atoms with Gasteiger partial charge in [-0.2, -0.15) is 0 Å². The van der Waals surface area contributed by atoms with E-state index in [0.717, 1.165) is 5.57 Å². The van der Waals surface area contributed by atoms with E-state index in [1.54, 1.807) is 37.4 Å². The lowest BCUT2D eigenvalue weighted by molar-refractivity contribution is 0.0297. The third-order valence-electron chi connectivity index (χ3n) is 5.49. The second kappa shape index (κ2) is 11.2. The summed E-state index contributed by atoms with van der Waals surface area (Å²) in [5.74, 6) is 0.714. The number of carbonyl (C=O) groups is 1. The highest BCUT2D eigenvalue weighted by molar-refractivity contribution is 6.27. The third-order valence-corrected chi connectivity index (χ3v) is 5.49. The van der Waals surface area contributed by atoms with E-state index in [0.29, 0.717) is 45.9 Å². The van der Waals surface area contributed by atoms with Crippen molar-refractivity contribution in [3.05, 3.63) is 76.4 Å². The van der Waals surface area contributed by atoms with Crippen LogP contribution in [0, 0.1) is 0 Å². The Bertz CT molecular complexity index is 1210. The van der Waals surface area contributed by atoms with Gasteiger partial charge in [0.25, 0.3) is 0 Å². The summed E-state index contributed by atoms with van der Waals surface area (Å²) in [4.78, 5) is 13.1. The number of benzene rings is 2. The number of rotatable bonds is 8. The highest BCUT2D eigenvalue weighted by Gasteiger charge is 2.32. The van der Waals surface area contributed by atoms with Crippen molar-refractivity contribution >= 4 is 17.4 Å². The predicted octanol–water partition coefficient (Wildman–Crippen LogP) is 4.89. The average Bonchev–Trinajstić information content (AvgIpc) is 2.89. The van der Waals surface area contributed by atoms with E-state index >= 15 is 0 Å². The minimum Gasteiger partial charge on any atom is -0.497 e. The summed E-state index contributed by atoms with van der Waals surface area (Å²) in [7, 11) is 4.46. The number of fused-ring (bicyclic) bond motifs is 1. The zero-order valence-electron chi connectivity index (χ0n) is 20.2. The Balaban J connectivity index is 2.17. The maximum atomic E-state index is 13.1. The van der Waals surface area contributed by atoms with Crippen molar-refractivity contribution in [3.63, 3.8) is 0 Å². The van der Waals surface area contributed by atoms with Gasteiger partial charge >= 0.3 is 5.97 Å². The van der Waals surface area contributed by atoms with Crippen molar-refractivity contribution in [1.29, 1.82) is 0 Å². The number of hydrogen-bond donors (Lipinski definition) is 2. The van der Waals surface area contributed by atoms with Gasteiger partial charge in [0, 0.05) is 12.0 Å². The Morgan fingerprint density at radius 1 is 0.943 bits per heavy atom. The summed E-state index contributed by atoms with van der Waals surface area (Å²) in [5, 5.41) is 25.9. The maximum Gasteiger partial charge on any atom is 0.338 e. The van der Waals surface area contributed by atoms with E-state index in [9.17, 15) is 15.2 Å². The lowest BCUT2D eigenvalue weighted by Crippen LogP contribution is -2.20. The third kappa shape index (κ3) is 5.29. The molecule has 0 radical (unpaired) electrons. The molecule has 0 amide bonds. The number of hydrogen-bond acceptors (Lipinski definition) is 9. The topological polar surface area (TPSA) is 119 Å². The van der Waals surface area contributed by atoms with Crippen LogP contribution in [-0.2, 0) is 4.74 Å². The number of oxime groups is 2. The van der Waals surface area contributed by atoms with Crippen molar-refractivity contribution in [2.24, 2.45) is 10.3 Å². The number of methoxy groups -OCH3 is 3. The van der Waals surface area contributed by atoms with E-state index < -0.39 is 12.1 Å². The van der Waals surface area contributed by atoms with Crippen LogP contribution in [0.4, 0.5) is 0 Å². The molecule has 0 fully saturated rings. The molecule has 1 aliphatic carbocycles. The summed E-state index contributed by atoms with van der Waals surface area (Å²) < 4.78 is 22.4. The fraction of sp³-hybridized carbons (Fsp3) is 0.269. The molecule has 0 saturated heterocycles. The molecule has 0 aromatic heterocycles. The molecule has 9 heteroatoms. The minimum atomic E-state index is -0.769. The van der Waals surface area contributed by atoms with E-state index in [4.69, 9.17) is 18.9 Å². The molecular formula is C26H28N2O7. The predicted molar refractivity (Wildman–Crippen MR) is 131 cm³/mol. The molecule has 2 aromatic rings. The molecule has 0 bridgehead atoms. The Labute approximate surface area is 203 Å². The van der Waals surface area contributed by atoms with Crippen molar-refractivity contribution in [1.82, 2.24) is 0 Å². The average molecular weight is 481 g/mol. The number of nitrogens with zero attached hydrogens (tertiary/aromatic N) is 2. The number of esters is 1. The Morgan fingerprint density at radius 2 is 1.57 bits per heavy atom. The van der Waals surface area contributed by atoms with Crippen LogP contribution in [0.3, 0.4) is 0 Å². The van der Waals surface area contributed by atoms with E-state index in [2.05, 4.69) is 10.3 Å². The first-order valence-corrected chi connectivity index (χ1v) is 10.8. The molecule has 0 aliphatic heterocycles. The van der Waals surface area contributed by atoms with E-state index in [1.807, 2.05) is 19.9 Å². The summed E-state index contributed by atoms with van der Waals surface area (Å²) in [6, 6.07) is 8.26. The maximum absolute atomic E-state index is 13.1. The molecule has 3 rings (SSSR count). The molecule has 1 atom stereocenters. The van der Waals surface area contributed by atoms with E-state index in [-0.39, 0.29) is 11.4 Å². The van der Waals surface area contributed by atoms with Crippen LogP contribution in [-0.4, -0.2) is 49.1 Å². The van der Waals surface area contributed by atoms with Gasteiger partial charge in [-0.05, 0) is 56.3 Å². The molecule has 0 spiro atoms. The van der Waals surface area contributed by atoms with Gasteiger partial charge in [-0.1, -0.05) is 22.0 Å². The van der Waals surface area contributed by atoms with Gasteiger partial charge in [-0.15, -0.1) is 0 Å². The van der Waals surface area contributed by atoms with Gasteiger partial charge in [-0.25, -0.2) is 4.79 Å². The lowest BCUT2D eigenvalue weighted by Gasteiger charge is -2.26. The molecule has 35 heavy (non-hydrogen) atoms. The first-order valence-electron chi connectivity index (χ1n) is 10.8. The normalized spacial score (nSPS) is 15.3. The molecule has 1 aliphatic rings. The van der Waals surface area contributed by atoms with Crippen LogP contribution >= 0.6 is 0 Å². The molecule has 2 N–H and O–H groups in total. The fourth-order valence-corrected chi connectivity index (χ4v) is 3.78. The van der Waals surface area contributed by atoms with Crippen LogP contribution in [0.15, 0.2) is 64.4 Å². The summed E-state index contributed by atoms with van der Waals surface area (Å²) in [6.45, 7) is 3.89. The summed E-state index contributed by atoms with van der Waals surface area (Å²) in [5.41, 5.74) is 2.99. The smallest absolute Gasteiger partial charge is 0.338 e. The Kier molecular flexibility index (Phi) is 8.14. The van der Waals surface area contributed by atoms with Crippen molar-refractivity contribution in [3.8, 4) is 17.2 Å². The fourth-order valence-electron chi connectivity index (χ4n) is 3.78. The monoisotopic (exact) mass is 480 g/mol. The van der Waals surface area contributed by atoms with Gasteiger partial charge in [0.2, 0.25) is 0 Å². The molecule has 9 nitrogen and oxygen atoms in total. The zero-order valence-corrected chi connectivity index (χ0v) is 20.2. The molecule has 1 unspecified atom stereocenters. The van der Waals surface area contributed by atoms with Crippen molar-refractivity contribution in [2.75, 3.05) is 21.3 Å². The van der Waals surface area contributed by atoms with Crippen molar-refractivity contribution in [2.45, 2.75) is 26.4 Å². The second-order valence-corrected chi connectivity index (χ2v) is 7.89. The molecular weight excluding hydrogens is 452 g/mol. The molecule has 0 heterocycles. The molecule has 0 saturated carbocycles. The first kappa shape index (κ1) is 25.4. The summed E-state index contributed by atoms with van der Waals surface area (Å²) >= 11 is 0. The number of carbonyl (C=O) groups excluding carboxylic acids is 1. The van der Waals surface area contributed by atoms with Gasteiger partial charge in [-0.3, -0.25) is 0 Å². The number of ether oxygens (including phenoxy) is 4. The van der Waals surface area contributed by atoms with E-state index in [1.165, 1.54) is 26.4 Å². The van der Waals surface area contributed by atoms with Gasteiger partial charge in [0.1, 0.15) is 34.8 Å². The molecule has 184 valence electrons. The lowest BCUT2D eigenvalue weighted by atomic mass is 9.88. The minimum absolute atomic E-state index is 0.173. The second-order valence-electron chi connectivity index (χ2n) is 7.89.